The molecule has 4 nitrogen and oxygen atoms in total. The van der Waals surface area contributed by atoms with Gasteiger partial charge in [0.05, 0.1) is 17.9 Å². The van der Waals surface area contributed by atoms with Crippen molar-refractivity contribution >= 4 is 0 Å². The summed E-state index contributed by atoms with van der Waals surface area (Å²) in [5.74, 6) is 0. The van der Waals surface area contributed by atoms with Crippen LogP contribution in [0.5, 0.6) is 0 Å². The highest BCUT2D eigenvalue weighted by Crippen LogP contribution is 2.05. The van der Waals surface area contributed by atoms with Crippen LogP contribution in [0.15, 0.2) is 18.6 Å². The average Bonchev–Trinajstić information content (AvgIpc) is 2.17. The van der Waals surface area contributed by atoms with Crippen LogP contribution in [0.25, 0.3) is 0 Å². The SMILES string of the molecule is CC(C)(C)OCCNCc1ccncn1. The zero-order chi connectivity index (χ0) is 11.1. The third-order valence-corrected chi connectivity index (χ3v) is 1.76. The van der Waals surface area contributed by atoms with Crippen molar-refractivity contribution in [3.8, 4) is 0 Å². The van der Waals surface area contributed by atoms with Gasteiger partial charge in [-0.25, -0.2) is 9.97 Å². The van der Waals surface area contributed by atoms with Crippen LogP contribution in [-0.2, 0) is 11.3 Å². The maximum atomic E-state index is 5.57. The number of aromatic nitrogens is 2. The maximum Gasteiger partial charge on any atom is 0.115 e. The Labute approximate surface area is 91.1 Å². The zero-order valence-electron chi connectivity index (χ0n) is 9.66. The molecule has 0 aliphatic rings. The van der Waals surface area contributed by atoms with E-state index in [1.54, 1.807) is 12.5 Å². The lowest BCUT2D eigenvalue weighted by molar-refractivity contribution is -0.000904. The number of nitrogens with one attached hydrogen (secondary N) is 1. The molecule has 0 amide bonds. The van der Waals surface area contributed by atoms with Gasteiger partial charge in [-0.2, -0.15) is 0 Å². The van der Waals surface area contributed by atoms with Crippen LogP contribution in [0.1, 0.15) is 26.5 Å². The van der Waals surface area contributed by atoms with E-state index >= 15 is 0 Å². The Morgan fingerprint density at radius 2 is 2.20 bits per heavy atom. The molecule has 0 saturated carbocycles. The van der Waals surface area contributed by atoms with Crippen LogP contribution < -0.4 is 5.32 Å². The monoisotopic (exact) mass is 209 g/mol. The summed E-state index contributed by atoms with van der Waals surface area (Å²) in [6, 6.07) is 1.90. The number of hydrogen-bond donors (Lipinski definition) is 1. The fourth-order valence-electron chi connectivity index (χ4n) is 1.07. The summed E-state index contributed by atoms with van der Waals surface area (Å²) < 4.78 is 5.57. The number of hydrogen-bond acceptors (Lipinski definition) is 4. The van der Waals surface area contributed by atoms with Crippen LogP contribution >= 0.6 is 0 Å². The number of nitrogens with zero attached hydrogens (tertiary/aromatic N) is 2. The van der Waals surface area contributed by atoms with Crippen LogP contribution in [0.4, 0.5) is 0 Å². The molecule has 0 aliphatic carbocycles. The lowest BCUT2D eigenvalue weighted by Crippen LogP contribution is -2.26. The van der Waals surface area contributed by atoms with Gasteiger partial charge >= 0.3 is 0 Å². The maximum absolute atomic E-state index is 5.57. The van der Waals surface area contributed by atoms with Crippen LogP contribution in [0.2, 0.25) is 0 Å². The van der Waals surface area contributed by atoms with E-state index in [1.807, 2.05) is 6.07 Å². The largest absolute Gasteiger partial charge is 0.375 e. The lowest BCUT2D eigenvalue weighted by Gasteiger charge is -2.19. The summed E-state index contributed by atoms with van der Waals surface area (Å²) >= 11 is 0. The Morgan fingerprint density at radius 3 is 2.80 bits per heavy atom. The molecule has 0 saturated heterocycles. The first-order chi connectivity index (χ1) is 7.08. The van der Waals surface area contributed by atoms with E-state index in [1.165, 1.54) is 0 Å². The van der Waals surface area contributed by atoms with Crippen molar-refractivity contribution in [2.24, 2.45) is 0 Å². The van der Waals surface area contributed by atoms with Crippen molar-refractivity contribution in [3.63, 3.8) is 0 Å². The Bertz CT molecular complexity index is 269. The second-order valence-electron chi connectivity index (χ2n) is 4.34. The molecule has 1 heterocycles. The summed E-state index contributed by atoms with van der Waals surface area (Å²) in [4.78, 5) is 7.97. The molecule has 0 atom stereocenters. The fourth-order valence-corrected chi connectivity index (χ4v) is 1.07. The standard InChI is InChI=1S/C11H19N3O/c1-11(2,3)15-7-6-12-8-10-4-5-13-9-14-10/h4-5,9,12H,6-8H2,1-3H3. The first kappa shape index (κ1) is 12.1. The van der Waals surface area contributed by atoms with Crippen molar-refractivity contribution in [2.45, 2.75) is 32.9 Å². The highest BCUT2D eigenvalue weighted by molar-refractivity contribution is 4.96. The first-order valence-corrected chi connectivity index (χ1v) is 5.17. The molecular weight excluding hydrogens is 190 g/mol. The van der Waals surface area contributed by atoms with Crippen molar-refractivity contribution in [1.29, 1.82) is 0 Å². The zero-order valence-corrected chi connectivity index (χ0v) is 9.66. The molecule has 1 rings (SSSR count). The van der Waals surface area contributed by atoms with E-state index in [2.05, 4.69) is 36.1 Å². The van der Waals surface area contributed by atoms with Gasteiger partial charge in [0.1, 0.15) is 6.33 Å². The Kier molecular flexibility index (Phi) is 4.65. The Balaban J connectivity index is 2.08. The van der Waals surface area contributed by atoms with Gasteiger partial charge in [-0.3, -0.25) is 0 Å². The molecule has 0 bridgehead atoms. The average molecular weight is 209 g/mol. The molecule has 0 aromatic carbocycles. The summed E-state index contributed by atoms with van der Waals surface area (Å²) in [7, 11) is 0. The highest BCUT2D eigenvalue weighted by atomic mass is 16.5. The van der Waals surface area contributed by atoms with E-state index in [0.717, 1.165) is 18.8 Å². The van der Waals surface area contributed by atoms with Gasteiger partial charge in [-0.15, -0.1) is 0 Å². The molecule has 0 aliphatic heterocycles. The smallest absolute Gasteiger partial charge is 0.115 e. The molecule has 0 fully saturated rings. The van der Waals surface area contributed by atoms with Gasteiger partial charge in [0.2, 0.25) is 0 Å². The molecule has 15 heavy (non-hydrogen) atoms. The predicted molar refractivity (Wildman–Crippen MR) is 59.4 cm³/mol. The van der Waals surface area contributed by atoms with Crippen molar-refractivity contribution in [1.82, 2.24) is 15.3 Å². The molecule has 0 spiro atoms. The molecule has 1 aromatic rings. The number of rotatable bonds is 5. The molecule has 1 aromatic heterocycles. The van der Waals surface area contributed by atoms with E-state index in [9.17, 15) is 0 Å². The third kappa shape index (κ3) is 6.14. The summed E-state index contributed by atoms with van der Waals surface area (Å²) in [5.41, 5.74) is 0.942. The minimum atomic E-state index is -0.0589. The van der Waals surface area contributed by atoms with Crippen molar-refractivity contribution in [3.05, 3.63) is 24.3 Å². The minimum Gasteiger partial charge on any atom is -0.375 e. The van der Waals surface area contributed by atoms with Gasteiger partial charge in [0.15, 0.2) is 0 Å². The molecule has 0 radical (unpaired) electrons. The molecule has 4 heteroatoms. The fraction of sp³-hybridized carbons (Fsp3) is 0.636. The Morgan fingerprint density at radius 1 is 1.40 bits per heavy atom. The van der Waals surface area contributed by atoms with E-state index in [0.29, 0.717) is 6.61 Å². The molecule has 0 unspecified atom stereocenters. The van der Waals surface area contributed by atoms with Gasteiger partial charge in [0, 0.05) is 19.3 Å². The second-order valence-corrected chi connectivity index (χ2v) is 4.34. The van der Waals surface area contributed by atoms with E-state index in [4.69, 9.17) is 4.74 Å². The summed E-state index contributed by atoms with van der Waals surface area (Å²) in [6.45, 7) is 8.47. The van der Waals surface area contributed by atoms with Crippen LogP contribution in [0, 0.1) is 0 Å². The summed E-state index contributed by atoms with van der Waals surface area (Å²) in [5, 5.41) is 3.26. The van der Waals surface area contributed by atoms with Gasteiger partial charge < -0.3 is 10.1 Å². The third-order valence-electron chi connectivity index (χ3n) is 1.76. The van der Waals surface area contributed by atoms with Gasteiger partial charge in [-0.1, -0.05) is 0 Å². The van der Waals surface area contributed by atoms with E-state index < -0.39 is 0 Å². The summed E-state index contributed by atoms with van der Waals surface area (Å²) in [6.07, 6.45) is 3.30. The number of ether oxygens (including phenoxy) is 1. The second kappa shape index (κ2) is 5.78. The van der Waals surface area contributed by atoms with Gasteiger partial charge in [0.25, 0.3) is 0 Å². The molecule has 1 N–H and O–H groups in total. The first-order valence-electron chi connectivity index (χ1n) is 5.17. The van der Waals surface area contributed by atoms with Crippen molar-refractivity contribution in [2.75, 3.05) is 13.2 Å². The Hall–Kier alpha value is -1.00. The van der Waals surface area contributed by atoms with Crippen LogP contribution in [-0.4, -0.2) is 28.7 Å². The van der Waals surface area contributed by atoms with Crippen LogP contribution in [0.3, 0.4) is 0 Å². The lowest BCUT2D eigenvalue weighted by atomic mass is 10.2. The highest BCUT2D eigenvalue weighted by Gasteiger charge is 2.08. The van der Waals surface area contributed by atoms with E-state index in [-0.39, 0.29) is 5.60 Å². The molecular formula is C11H19N3O. The van der Waals surface area contributed by atoms with Gasteiger partial charge in [-0.05, 0) is 26.8 Å². The quantitative estimate of drug-likeness (QED) is 0.744. The van der Waals surface area contributed by atoms with Crippen molar-refractivity contribution < 1.29 is 4.74 Å². The minimum absolute atomic E-state index is 0.0589. The topological polar surface area (TPSA) is 47.0 Å². The predicted octanol–water partition coefficient (Wildman–Crippen LogP) is 1.38. The molecule has 84 valence electrons. The normalized spacial score (nSPS) is 11.7.